The Bertz CT molecular complexity index is 821. The summed E-state index contributed by atoms with van der Waals surface area (Å²) in [5.41, 5.74) is 1.61. The first-order chi connectivity index (χ1) is 11.8. The maximum absolute atomic E-state index is 12.2. The number of ketones is 1. The molecule has 0 aliphatic rings. The van der Waals surface area contributed by atoms with E-state index in [0.717, 1.165) is 5.56 Å². The fourth-order valence-corrected chi connectivity index (χ4v) is 2.49. The minimum atomic E-state index is -0.399. The number of anilines is 1. The van der Waals surface area contributed by atoms with E-state index in [1.165, 1.54) is 20.1 Å². The SMILES string of the molecule is COc1cc(Cl)c(C)cc1NC(=O)COc1ccc(Cl)cc1C(C)=O. The third-order valence-electron chi connectivity index (χ3n) is 3.43. The van der Waals surface area contributed by atoms with Crippen molar-refractivity contribution in [3.05, 3.63) is 51.5 Å². The first-order valence-corrected chi connectivity index (χ1v) is 8.14. The second kappa shape index (κ2) is 8.23. The molecular formula is C18H17Cl2NO4. The van der Waals surface area contributed by atoms with Crippen LogP contribution < -0.4 is 14.8 Å². The molecule has 0 saturated carbocycles. The van der Waals surface area contributed by atoms with E-state index < -0.39 is 5.91 Å². The number of Topliss-reactive ketones (excluding diaryl/α,β-unsaturated/α-hetero) is 1. The highest BCUT2D eigenvalue weighted by Crippen LogP contribution is 2.31. The maximum Gasteiger partial charge on any atom is 0.262 e. The number of carbonyl (C=O) groups is 2. The van der Waals surface area contributed by atoms with Crippen LogP contribution in [-0.2, 0) is 4.79 Å². The normalized spacial score (nSPS) is 10.3. The summed E-state index contributed by atoms with van der Waals surface area (Å²) in [6.07, 6.45) is 0. The number of ether oxygens (including phenoxy) is 2. The summed E-state index contributed by atoms with van der Waals surface area (Å²) in [4.78, 5) is 23.8. The number of halogens is 2. The molecule has 1 amide bonds. The van der Waals surface area contributed by atoms with Gasteiger partial charge in [0.1, 0.15) is 11.5 Å². The summed E-state index contributed by atoms with van der Waals surface area (Å²) >= 11 is 11.9. The van der Waals surface area contributed by atoms with E-state index in [1.807, 2.05) is 6.92 Å². The molecular weight excluding hydrogens is 365 g/mol. The molecule has 5 nitrogen and oxygen atoms in total. The molecule has 132 valence electrons. The van der Waals surface area contributed by atoms with E-state index in [-0.39, 0.29) is 12.4 Å². The number of methoxy groups -OCH3 is 1. The number of amides is 1. The summed E-state index contributed by atoms with van der Waals surface area (Å²) in [7, 11) is 1.49. The van der Waals surface area contributed by atoms with Gasteiger partial charge >= 0.3 is 0 Å². The van der Waals surface area contributed by atoms with Crippen molar-refractivity contribution in [1.82, 2.24) is 0 Å². The van der Waals surface area contributed by atoms with Crippen LogP contribution >= 0.6 is 23.2 Å². The zero-order chi connectivity index (χ0) is 18.6. The first-order valence-electron chi connectivity index (χ1n) is 7.39. The molecule has 1 N–H and O–H groups in total. The van der Waals surface area contributed by atoms with Crippen LogP contribution in [0.15, 0.2) is 30.3 Å². The number of carbonyl (C=O) groups excluding carboxylic acids is 2. The average molecular weight is 382 g/mol. The zero-order valence-corrected chi connectivity index (χ0v) is 15.5. The maximum atomic E-state index is 12.2. The molecule has 0 fully saturated rings. The summed E-state index contributed by atoms with van der Waals surface area (Å²) in [6.45, 7) is 2.95. The highest BCUT2D eigenvalue weighted by molar-refractivity contribution is 6.31. The lowest BCUT2D eigenvalue weighted by atomic mass is 10.1. The first kappa shape index (κ1) is 19.1. The molecule has 2 rings (SSSR count). The minimum Gasteiger partial charge on any atom is -0.495 e. The van der Waals surface area contributed by atoms with Crippen LogP contribution in [0.2, 0.25) is 10.0 Å². The fourth-order valence-electron chi connectivity index (χ4n) is 2.16. The van der Waals surface area contributed by atoms with Crippen LogP contribution in [0.25, 0.3) is 0 Å². The third-order valence-corrected chi connectivity index (χ3v) is 4.08. The Morgan fingerprint density at radius 3 is 2.48 bits per heavy atom. The van der Waals surface area contributed by atoms with E-state index in [1.54, 1.807) is 24.3 Å². The number of hydrogen-bond donors (Lipinski definition) is 1. The second-order valence-electron chi connectivity index (χ2n) is 5.34. The van der Waals surface area contributed by atoms with Crippen LogP contribution in [0.1, 0.15) is 22.8 Å². The summed E-state index contributed by atoms with van der Waals surface area (Å²) in [5.74, 6) is 0.142. The van der Waals surface area contributed by atoms with Gasteiger partial charge in [0.25, 0.3) is 5.91 Å². The molecule has 25 heavy (non-hydrogen) atoms. The van der Waals surface area contributed by atoms with Gasteiger partial charge in [-0.3, -0.25) is 9.59 Å². The second-order valence-corrected chi connectivity index (χ2v) is 6.18. The van der Waals surface area contributed by atoms with Gasteiger partial charge in [0.15, 0.2) is 12.4 Å². The van der Waals surface area contributed by atoms with Crippen molar-refractivity contribution in [2.75, 3.05) is 19.0 Å². The molecule has 0 heterocycles. The number of hydrogen-bond acceptors (Lipinski definition) is 4. The van der Waals surface area contributed by atoms with Crippen molar-refractivity contribution in [2.24, 2.45) is 0 Å². The predicted octanol–water partition coefficient (Wildman–Crippen LogP) is 4.53. The number of aryl methyl sites for hydroxylation is 1. The molecule has 0 spiro atoms. The van der Waals surface area contributed by atoms with Gasteiger partial charge < -0.3 is 14.8 Å². The molecule has 7 heteroatoms. The Labute approximate surface area is 155 Å². The van der Waals surface area contributed by atoms with Gasteiger partial charge in [0, 0.05) is 16.1 Å². The van der Waals surface area contributed by atoms with Crippen molar-refractivity contribution in [3.63, 3.8) is 0 Å². The zero-order valence-electron chi connectivity index (χ0n) is 14.0. The van der Waals surface area contributed by atoms with Gasteiger partial charge in [-0.25, -0.2) is 0 Å². The molecule has 0 aliphatic heterocycles. The number of benzene rings is 2. The largest absolute Gasteiger partial charge is 0.495 e. The Balaban J connectivity index is 2.10. The molecule has 0 radical (unpaired) electrons. The quantitative estimate of drug-likeness (QED) is 0.746. The number of nitrogens with one attached hydrogen (secondary N) is 1. The smallest absolute Gasteiger partial charge is 0.262 e. The van der Waals surface area contributed by atoms with Gasteiger partial charge in [-0.15, -0.1) is 0 Å². The van der Waals surface area contributed by atoms with Gasteiger partial charge in [0.2, 0.25) is 0 Å². The third kappa shape index (κ3) is 4.87. The lowest BCUT2D eigenvalue weighted by Crippen LogP contribution is -2.21. The average Bonchev–Trinajstić information content (AvgIpc) is 2.56. The Kier molecular flexibility index (Phi) is 6.28. The summed E-state index contributed by atoms with van der Waals surface area (Å²) in [5, 5.41) is 3.66. The van der Waals surface area contributed by atoms with Gasteiger partial charge in [0.05, 0.1) is 18.4 Å². The molecule has 0 aliphatic carbocycles. The standard InChI is InChI=1S/C18H17Cl2NO4/c1-10-6-15(17(24-3)8-14(10)20)21-18(23)9-25-16-5-4-12(19)7-13(16)11(2)22/h4-8H,9H2,1-3H3,(H,21,23). The molecule has 2 aromatic carbocycles. The molecule has 0 atom stereocenters. The molecule has 2 aromatic rings. The van der Waals surface area contributed by atoms with Crippen molar-refractivity contribution >= 4 is 40.6 Å². The van der Waals surface area contributed by atoms with E-state index in [9.17, 15) is 9.59 Å². The van der Waals surface area contributed by atoms with Crippen molar-refractivity contribution < 1.29 is 19.1 Å². The van der Waals surface area contributed by atoms with E-state index >= 15 is 0 Å². The Hall–Kier alpha value is -2.24. The highest BCUT2D eigenvalue weighted by atomic mass is 35.5. The molecule has 0 bridgehead atoms. The van der Waals surface area contributed by atoms with Crippen molar-refractivity contribution in [2.45, 2.75) is 13.8 Å². The van der Waals surface area contributed by atoms with Gasteiger partial charge in [-0.05, 0) is 43.7 Å². The van der Waals surface area contributed by atoms with Crippen molar-refractivity contribution in [1.29, 1.82) is 0 Å². The monoisotopic (exact) mass is 381 g/mol. The predicted molar refractivity (Wildman–Crippen MR) is 98.3 cm³/mol. The van der Waals surface area contributed by atoms with Crippen LogP contribution in [0.3, 0.4) is 0 Å². The van der Waals surface area contributed by atoms with Crippen LogP contribution in [0.4, 0.5) is 5.69 Å². The van der Waals surface area contributed by atoms with Crippen LogP contribution in [0, 0.1) is 6.92 Å². The minimum absolute atomic E-state index is 0.201. The van der Waals surface area contributed by atoms with Crippen LogP contribution in [0.5, 0.6) is 11.5 Å². The van der Waals surface area contributed by atoms with Gasteiger partial charge in [-0.1, -0.05) is 23.2 Å². The lowest BCUT2D eigenvalue weighted by molar-refractivity contribution is -0.118. The van der Waals surface area contributed by atoms with E-state index in [4.69, 9.17) is 32.7 Å². The van der Waals surface area contributed by atoms with Gasteiger partial charge in [-0.2, -0.15) is 0 Å². The highest BCUT2D eigenvalue weighted by Gasteiger charge is 2.13. The Morgan fingerprint density at radius 1 is 1.12 bits per heavy atom. The van der Waals surface area contributed by atoms with E-state index in [2.05, 4.69) is 5.32 Å². The van der Waals surface area contributed by atoms with Crippen molar-refractivity contribution in [3.8, 4) is 11.5 Å². The molecule has 0 saturated heterocycles. The number of rotatable bonds is 6. The summed E-state index contributed by atoms with van der Waals surface area (Å²) < 4.78 is 10.7. The molecule has 0 aromatic heterocycles. The Morgan fingerprint density at radius 2 is 1.84 bits per heavy atom. The molecule has 0 unspecified atom stereocenters. The topological polar surface area (TPSA) is 64.6 Å². The van der Waals surface area contributed by atoms with Crippen LogP contribution in [-0.4, -0.2) is 25.4 Å². The fraction of sp³-hybridized carbons (Fsp3) is 0.222. The van der Waals surface area contributed by atoms with E-state index in [0.29, 0.717) is 32.8 Å². The lowest BCUT2D eigenvalue weighted by Gasteiger charge is -2.13. The summed E-state index contributed by atoms with van der Waals surface area (Å²) in [6, 6.07) is 7.98.